The molecule has 0 aliphatic carbocycles. The molecule has 1 aliphatic heterocycles. The van der Waals surface area contributed by atoms with Gasteiger partial charge in [-0.05, 0) is 13.0 Å². The summed E-state index contributed by atoms with van der Waals surface area (Å²) in [5.41, 5.74) is 5.37. The topological polar surface area (TPSA) is 67.5 Å². The fourth-order valence-corrected chi connectivity index (χ4v) is 2.27. The number of rotatable bonds is 1. The van der Waals surface area contributed by atoms with Gasteiger partial charge in [-0.3, -0.25) is 10.1 Å². The number of carbonyl (C=O) groups is 1. The Bertz CT molecular complexity index is 458. The molecule has 1 unspecified atom stereocenters. The van der Waals surface area contributed by atoms with Crippen LogP contribution in [-0.2, 0) is 10.3 Å². The molecular formula is C10H10BrN3O. The average molecular weight is 268 g/mol. The number of nitrogens with zero attached hydrogens (tertiary/aromatic N) is 1. The predicted molar refractivity (Wildman–Crippen MR) is 61.3 cm³/mol. The van der Waals surface area contributed by atoms with E-state index in [-0.39, 0.29) is 11.9 Å². The number of aliphatic imine (C=N–C) groups is 1. The number of nitrogens with two attached hydrogens (primary N) is 1. The highest BCUT2D eigenvalue weighted by Crippen LogP contribution is 2.33. The number of hydrogen-bond donors (Lipinski definition) is 2. The van der Waals surface area contributed by atoms with Crippen LogP contribution in [0.4, 0.5) is 0 Å². The number of nitrogens with one attached hydrogen (secondary N) is 1. The van der Waals surface area contributed by atoms with E-state index in [9.17, 15) is 4.79 Å². The van der Waals surface area contributed by atoms with E-state index in [1.165, 1.54) is 0 Å². The molecule has 3 N–H and O–H groups in total. The molecule has 15 heavy (non-hydrogen) atoms. The van der Waals surface area contributed by atoms with Gasteiger partial charge in [-0.1, -0.05) is 34.1 Å². The van der Waals surface area contributed by atoms with Gasteiger partial charge in [0.05, 0.1) is 0 Å². The zero-order chi connectivity index (χ0) is 11.1. The third kappa shape index (κ3) is 1.52. The van der Waals surface area contributed by atoms with Gasteiger partial charge in [-0.25, -0.2) is 4.99 Å². The van der Waals surface area contributed by atoms with E-state index in [2.05, 4.69) is 26.2 Å². The molecule has 1 aromatic rings. The fourth-order valence-electron chi connectivity index (χ4n) is 1.60. The Kier molecular flexibility index (Phi) is 2.26. The van der Waals surface area contributed by atoms with Crippen molar-refractivity contribution >= 4 is 27.8 Å². The Morgan fingerprint density at radius 1 is 1.47 bits per heavy atom. The lowest BCUT2D eigenvalue weighted by Gasteiger charge is -2.19. The third-order valence-corrected chi connectivity index (χ3v) is 3.12. The van der Waals surface area contributed by atoms with Crippen LogP contribution in [0.25, 0.3) is 0 Å². The summed E-state index contributed by atoms with van der Waals surface area (Å²) in [5, 5.41) is 2.50. The monoisotopic (exact) mass is 267 g/mol. The van der Waals surface area contributed by atoms with Crippen molar-refractivity contribution in [3.05, 3.63) is 34.3 Å². The van der Waals surface area contributed by atoms with E-state index in [0.717, 1.165) is 10.0 Å². The molecule has 1 aromatic carbocycles. The minimum atomic E-state index is -0.926. The van der Waals surface area contributed by atoms with E-state index in [0.29, 0.717) is 0 Å². The molecule has 0 spiro atoms. The normalized spacial score (nSPS) is 24.9. The highest BCUT2D eigenvalue weighted by Gasteiger charge is 2.41. The van der Waals surface area contributed by atoms with Crippen LogP contribution in [0.2, 0.25) is 0 Å². The van der Waals surface area contributed by atoms with E-state index < -0.39 is 5.54 Å². The van der Waals surface area contributed by atoms with Gasteiger partial charge in [0.1, 0.15) is 0 Å². The van der Waals surface area contributed by atoms with Gasteiger partial charge in [-0.15, -0.1) is 0 Å². The van der Waals surface area contributed by atoms with E-state index >= 15 is 0 Å². The fraction of sp³-hybridized carbons (Fsp3) is 0.200. The highest BCUT2D eigenvalue weighted by atomic mass is 79.9. The van der Waals surface area contributed by atoms with Crippen LogP contribution in [0.5, 0.6) is 0 Å². The summed E-state index contributed by atoms with van der Waals surface area (Å²) in [6.07, 6.45) is 0. The van der Waals surface area contributed by atoms with Gasteiger partial charge in [0.2, 0.25) is 0 Å². The molecular weight excluding hydrogens is 258 g/mol. The second kappa shape index (κ2) is 3.34. The second-order valence-electron chi connectivity index (χ2n) is 3.50. The largest absolute Gasteiger partial charge is 0.370 e. The Morgan fingerprint density at radius 3 is 2.67 bits per heavy atom. The lowest BCUT2D eigenvalue weighted by Crippen LogP contribution is -2.37. The smallest absolute Gasteiger partial charge is 0.259 e. The van der Waals surface area contributed by atoms with Gasteiger partial charge in [0.15, 0.2) is 11.5 Å². The summed E-state index contributed by atoms with van der Waals surface area (Å²) in [6.45, 7) is 1.74. The molecule has 1 atom stereocenters. The van der Waals surface area contributed by atoms with Crippen molar-refractivity contribution in [1.82, 2.24) is 5.32 Å². The van der Waals surface area contributed by atoms with Gasteiger partial charge in [-0.2, -0.15) is 0 Å². The molecule has 0 bridgehead atoms. The molecule has 0 radical (unpaired) electrons. The van der Waals surface area contributed by atoms with Gasteiger partial charge in [0, 0.05) is 10.0 Å². The zero-order valence-electron chi connectivity index (χ0n) is 8.12. The van der Waals surface area contributed by atoms with E-state index in [1.54, 1.807) is 6.92 Å². The lowest BCUT2D eigenvalue weighted by atomic mass is 9.93. The molecule has 4 nitrogen and oxygen atoms in total. The van der Waals surface area contributed by atoms with Crippen molar-refractivity contribution < 1.29 is 4.79 Å². The molecule has 1 heterocycles. The van der Waals surface area contributed by atoms with Gasteiger partial charge < -0.3 is 5.73 Å². The van der Waals surface area contributed by atoms with E-state index in [4.69, 9.17) is 5.73 Å². The number of benzene rings is 1. The Labute approximate surface area is 95.7 Å². The van der Waals surface area contributed by atoms with Crippen LogP contribution in [0, 0.1) is 0 Å². The first kappa shape index (κ1) is 10.2. The molecule has 1 aliphatic rings. The predicted octanol–water partition coefficient (Wildman–Crippen LogP) is 1.11. The quantitative estimate of drug-likeness (QED) is 0.801. The number of carbonyl (C=O) groups excluding carboxylic acids is 1. The lowest BCUT2D eigenvalue weighted by molar-refractivity contribution is -0.123. The maximum absolute atomic E-state index is 11.7. The number of amides is 1. The Balaban J connectivity index is 2.56. The second-order valence-corrected chi connectivity index (χ2v) is 4.36. The molecule has 1 amide bonds. The van der Waals surface area contributed by atoms with Gasteiger partial charge in [0.25, 0.3) is 5.91 Å². The van der Waals surface area contributed by atoms with Crippen LogP contribution in [0.15, 0.2) is 33.7 Å². The van der Waals surface area contributed by atoms with Crippen LogP contribution in [0.3, 0.4) is 0 Å². The van der Waals surface area contributed by atoms with Crippen molar-refractivity contribution in [3.63, 3.8) is 0 Å². The molecule has 5 heteroatoms. The average Bonchev–Trinajstić information content (AvgIpc) is 2.42. The first-order chi connectivity index (χ1) is 7.04. The van der Waals surface area contributed by atoms with Crippen molar-refractivity contribution in [3.8, 4) is 0 Å². The first-order valence-corrected chi connectivity index (χ1v) is 5.25. The summed E-state index contributed by atoms with van der Waals surface area (Å²) in [7, 11) is 0. The highest BCUT2D eigenvalue weighted by molar-refractivity contribution is 9.10. The van der Waals surface area contributed by atoms with Crippen molar-refractivity contribution in [2.75, 3.05) is 0 Å². The Morgan fingerprint density at radius 2 is 2.13 bits per heavy atom. The minimum absolute atomic E-state index is 0.165. The molecule has 0 aromatic heterocycles. The summed E-state index contributed by atoms with van der Waals surface area (Å²) in [5.74, 6) is -0.0369. The van der Waals surface area contributed by atoms with Crippen molar-refractivity contribution in [2.24, 2.45) is 10.7 Å². The SMILES string of the molecule is CC1(c2ccccc2Br)N=C(N)NC1=O. The molecule has 0 fully saturated rings. The summed E-state index contributed by atoms with van der Waals surface area (Å²) < 4.78 is 0.848. The maximum atomic E-state index is 11.7. The number of hydrogen-bond acceptors (Lipinski definition) is 3. The third-order valence-electron chi connectivity index (χ3n) is 2.43. The molecule has 2 rings (SSSR count). The van der Waals surface area contributed by atoms with Crippen LogP contribution >= 0.6 is 15.9 Å². The van der Waals surface area contributed by atoms with Crippen molar-refractivity contribution in [2.45, 2.75) is 12.5 Å². The number of halogens is 1. The van der Waals surface area contributed by atoms with E-state index in [1.807, 2.05) is 24.3 Å². The standard InChI is InChI=1S/C10H10BrN3O/c1-10(8(15)13-9(12)14-10)6-4-2-3-5-7(6)11/h2-5H,1H3,(H3,12,13,14,15). The molecule has 0 saturated heterocycles. The minimum Gasteiger partial charge on any atom is -0.370 e. The zero-order valence-corrected chi connectivity index (χ0v) is 9.71. The molecule has 78 valence electrons. The summed E-state index contributed by atoms with van der Waals surface area (Å²) in [6, 6.07) is 7.48. The van der Waals surface area contributed by atoms with Crippen molar-refractivity contribution in [1.29, 1.82) is 0 Å². The summed E-state index contributed by atoms with van der Waals surface area (Å²) >= 11 is 3.40. The van der Waals surface area contributed by atoms with Crippen LogP contribution in [0.1, 0.15) is 12.5 Å². The maximum Gasteiger partial charge on any atom is 0.259 e. The first-order valence-electron chi connectivity index (χ1n) is 4.46. The molecule has 0 saturated carbocycles. The van der Waals surface area contributed by atoms with Crippen LogP contribution < -0.4 is 11.1 Å². The van der Waals surface area contributed by atoms with Gasteiger partial charge >= 0.3 is 0 Å². The Hall–Kier alpha value is -1.36. The summed E-state index contributed by atoms with van der Waals surface area (Å²) in [4.78, 5) is 15.9. The van der Waals surface area contributed by atoms with Crippen LogP contribution in [-0.4, -0.2) is 11.9 Å². The number of guanidine groups is 1.